The zero-order chi connectivity index (χ0) is 37.9. The summed E-state index contributed by atoms with van der Waals surface area (Å²) in [5.74, 6) is -0.155. The van der Waals surface area contributed by atoms with Gasteiger partial charge in [0, 0.05) is 64.3 Å². The number of aromatic amines is 1. The minimum Gasteiger partial charge on any atom is -0.469 e. The second kappa shape index (κ2) is 11.9. The number of carbonyl (C=O) groups is 3. The maximum absolute atomic E-state index is 14.4. The number of fused-ring (bicyclic) bond motifs is 7. The molecule has 7 heterocycles. The fourth-order valence-electron chi connectivity index (χ4n) is 9.08. The molecule has 278 valence electrons. The molecule has 0 radical (unpaired) electrons. The molecule has 10 bridgehead atoms. The predicted molar refractivity (Wildman–Crippen MR) is 202 cm³/mol. The SMILES string of the molecule is CC(=O)O[C@H](C(=O)C[C@H]1Cc2ccc3c(c2)C24c5cccc(c5N[C@H]2O3)-c2cccc3[nH]cc(c23)-c2cnc(o2)-c2nc(oc24)[C@H](C(C)C)NC1=O)C(C)C. The number of anilines is 1. The van der Waals surface area contributed by atoms with Crippen LogP contribution in [0.2, 0.25) is 0 Å². The standard InChI is InChI=1S/C43H39N5O7/c1-19(2)34-41-47-36-38(55-41)43-27-10-6-9-25(24-8-7-11-29-33(24)26(17-44-29)32-18-45-40(36)53-32)35(27)48-42(43)54-31-13-12-22(15-28(31)43)14-23(39(51)46-34)16-30(50)37(20(3)4)52-21(5)49/h6-13,15,17-20,23,34,37,42,44,48H,14,16H2,1-5H3,(H,46,51)/t23-,34+,37+,42+,43?/m1/s1. The number of nitrogens with zero attached hydrogens (tertiary/aromatic N) is 2. The maximum atomic E-state index is 14.4. The Kier molecular flexibility index (Phi) is 7.24. The summed E-state index contributed by atoms with van der Waals surface area (Å²) in [4.78, 5) is 53.6. The van der Waals surface area contributed by atoms with Crippen LogP contribution in [0.4, 0.5) is 5.69 Å². The number of hydrogen-bond acceptors (Lipinski definition) is 10. The van der Waals surface area contributed by atoms with Gasteiger partial charge in [-0.3, -0.25) is 14.4 Å². The normalized spacial score (nSPS) is 21.9. The highest BCUT2D eigenvalue weighted by atomic mass is 16.5. The lowest BCUT2D eigenvalue weighted by molar-refractivity contribution is -0.156. The van der Waals surface area contributed by atoms with E-state index in [4.69, 9.17) is 28.3 Å². The summed E-state index contributed by atoms with van der Waals surface area (Å²) in [6, 6.07) is 17.7. The van der Waals surface area contributed by atoms with Gasteiger partial charge in [0.15, 0.2) is 35.3 Å². The van der Waals surface area contributed by atoms with Crippen molar-refractivity contribution in [2.24, 2.45) is 17.8 Å². The third kappa shape index (κ3) is 4.79. The molecule has 1 unspecified atom stereocenters. The van der Waals surface area contributed by atoms with E-state index in [0.717, 1.165) is 50.0 Å². The van der Waals surface area contributed by atoms with Gasteiger partial charge in [-0.15, -0.1) is 0 Å². The molecule has 3 aromatic heterocycles. The maximum Gasteiger partial charge on any atom is 0.303 e. The fraction of sp³-hybridized carbons (Fsp3) is 0.326. The predicted octanol–water partition coefficient (Wildman–Crippen LogP) is 7.47. The van der Waals surface area contributed by atoms with Crippen molar-refractivity contribution in [3.8, 4) is 39.8 Å². The van der Waals surface area contributed by atoms with E-state index in [1.54, 1.807) is 6.20 Å². The molecule has 0 aliphatic carbocycles. The van der Waals surface area contributed by atoms with Crippen molar-refractivity contribution in [1.82, 2.24) is 20.3 Å². The van der Waals surface area contributed by atoms with E-state index in [2.05, 4.69) is 45.9 Å². The van der Waals surface area contributed by atoms with Crippen molar-refractivity contribution in [1.29, 1.82) is 0 Å². The van der Waals surface area contributed by atoms with Crippen LogP contribution in [0.3, 0.4) is 0 Å². The number of nitrogens with one attached hydrogen (secondary N) is 3. The summed E-state index contributed by atoms with van der Waals surface area (Å²) in [5.41, 5.74) is 6.67. The Morgan fingerprint density at radius 2 is 1.80 bits per heavy atom. The highest BCUT2D eigenvalue weighted by Crippen LogP contribution is 2.61. The lowest BCUT2D eigenvalue weighted by atomic mass is 9.72. The lowest BCUT2D eigenvalue weighted by Crippen LogP contribution is -2.41. The molecule has 55 heavy (non-hydrogen) atoms. The Bertz CT molecular complexity index is 2600. The second-order valence-corrected chi connectivity index (χ2v) is 15.8. The molecule has 0 saturated carbocycles. The van der Waals surface area contributed by atoms with Crippen molar-refractivity contribution < 1.29 is 32.7 Å². The number of ether oxygens (including phenoxy) is 2. The van der Waals surface area contributed by atoms with E-state index in [0.29, 0.717) is 23.0 Å². The van der Waals surface area contributed by atoms with Crippen LogP contribution in [-0.4, -0.2) is 44.9 Å². The molecule has 12 heteroatoms. The average molecular weight is 738 g/mol. The van der Waals surface area contributed by atoms with Crippen LogP contribution in [0, 0.1) is 17.8 Å². The average Bonchev–Trinajstić information content (AvgIpc) is 3.98. The molecule has 1 amide bonds. The first-order chi connectivity index (χ1) is 26.5. The number of esters is 1. The van der Waals surface area contributed by atoms with Crippen LogP contribution in [0.5, 0.6) is 5.75 Å². The first-order valence-corrected chi connectivity index (χ1v) is 18.8. The minimum atomic E-state index is -1.06. The summed E-state index contributed by atoms with van der Waals surface area (Å²) in [5, 5.41) is 7.98. The van der Waals surface area contributed by atoms with Gasteiger partial charge in [-0.25, -0.2) is 9.97 Å². The number of hydrogen-bond donors (Lipinski definition) is 3. The molecule has 0 fully saturated rings. The van der Waals surface area contributed by atoms with Crippen molar-refractivity contribution in [2.45, 2.75) is 71.2 Å². The van der Waals surface area contributed by atoms with Gasteiger partial charge >= 0.3 is 5.97 Å². The third-order valence-corrected chi connectivity index (χ3v) is 11.6. The molecule has 1 spiro atoms. The van der Waals surface area contributed by atoms with Gasteiger partial charge in [-0.1, -0.05) is 70.2 Å². The Balaban J connectivity index is 1.23. The Labute approximate surface area is 316 Å². The van der Waals surface area contributed by atoms with Crippen molar-refractivity contribution in [3.63, 3.8) is 0 Å². The number of Topliss-reactive ketones (excluding diaryl/α,β-unsaturated/α-hetero) is 1. The Hall–Kier alpha value is -6.17. The number of H-pyrrole nitrogens is 1. The highest BCUT2D eigenvalue weighted by Gasteiger charge is 2.61. The molecule has 4 aliphatic rings. The number of ketones is 1. The van der Waals surface area contributed by atoms with E-state index >= 15 is 0 Å². The van der Waals surface area contributed by atoms with Gasteiger partial charge in [0.25, 0.3) is 0 Å². The summed E-state index contributed by atoms with van der Waals surface area (Å²) in [6.07, 6.45) is 2.15. The van der Waals surface area contributed by atoms with Gasteiger partial charge in [0.2, 0.25) is 17.7 Å². The smallest absolute Gasteiger partial charge is 0.303 e. The number of carbonyl (C=O) groups excluding carboxylic acids is 3. The molecule has 5 atom stereocenters. The summed E-state index contributed by atoms with van der Waals surface area (Å²) >= 11 is 0. The highest BCUT2D eigenvalue weighted by molar-refractivity contribution is 6.07. The minimum absolute atomic E-state index is 0.130. The first-order valence-electron chi connectivity index (χ1n) is 18.8. The zero-order valence-electron chi connectivity index (χ0n) is 31.0. The quantitative estimate of drug-likeness (QED) is 0.146. The van der Waals surface area contributed by atoms with E-state index < -0.39 is 35.7 Å². The van der Waals surface area contributed by atoms with Crippen LogP contribution in [-0.2, 0) is 31.0 Å². The summed E-state index contributed by atoms with van der Waals surface area (Å²) < 4.78 is 26.0. The first kappa shape index (κ1) is 33.4. The number of aromatic nitrogens is 3. The van der Waals surface area contributed by atoms with Gasteiger partial charge in [-0.2, -0.15) is 0 Å². The van der Waals surface area contributed by atoms with Crippen molar-refractivity contribution in [2.75, 3.05) is 5.32 Å². The van der Waals surface area contributed by atoms with Crippen molar-refractivity contribution >= 4 is 34.3 Å². The number of para-hydroxylation sites is 1. The molecule has 6 aromatic rings. The molecule has 12 nitrogen and oxygen atoms in total. The second-order valence-electron chi connectivity index (χ2n) is 15.8. The zero-order valence-corrected chi connectivity index (χ0v) is 31.0. The third-order valence-electron chi connectivity index (χ3n) is 11.6. The number of oxazole rings is 2. The molecule has 3 aromatic carbocycles. The van der Waals surface area contributed by atoms with Crippen LogP contribution in [0.1, 0.15) is 75.4 Å². The summed E-state index contributed by atoms with van der Waals surface area (Å²) in [6.45, 7) is 8.89. The molecule has 10 rings (SSSR count). The molecular formula is C43H39N5O7. The van der Waals surface area contributed by atoms with Gasteiger partial charge < -0.3 is 33.9 Å². The Morgan fingerprint density at radius 3 is 2.60 bits per heavy atom. The van der Waals surface area contributed by atoms with Gasteiger partial charge in [-0.05, 0) is 41.5 Å². The van der Waals surface area contributed by atoms with Gasteiger partial charge in [0.05, 0.1) is 6.20 Å². The largest absolute Gasteiger partial charge is 0.469 e. The van der Waals surface area contributed by atoms with Crippen LogP contribution < -0.4 is 15.4 Å². The number of amides is 1. The van der Waals surface area contributed by atoms with E-state index in [1.165, 1.54) is 6.92 Å². The van der Waals surface area contributed by atoms with Crippen LogP contribution in [0.15, 0.2) is 75.8 Å². The fourth-order valence-corrected chi connectivity index (χ4v) is 9.08. The number of rotatable bonds is 6. The van der Waals surface area contributed by atoms with Crippen molar-refractivity contribution in [3.05, 3.63) is 95.3 Å². The monoisotopic (exact) mass is 737 g/mol. The topological polar surface area (TPSA) is 162 Å². The molecule has 0 saturated heterocycles. The van der Waals surface area contributed by atoms with Crippen LogP contribution in [0.25, 0.3) is 44.9 Å². The lowest BCUT2D eigenvalue weighted by Gasteiger charge is -2.29. The molecular weight excluding hydrogens is 699 g/mol. The van der Waals surface area contributed by atoms with Gasteiger partial charge in [0.1, 0.15) is 17.2 Å². The Morgan fingerprint density at radius 1 is 0.982 bits per heavy atom. The molecule has 3 N–H and O–H groups in total. The number of benzene rings is 3. The molecule has 4 aliphatic heterocycles. The van der Waals surface area contributed by atoms with E-state index in [1.807, 2.05) is 58.2 Å². The van der Waals surface area contributed by atoms with Crippen LogP contribution >= 0.6 is 0 Å². The van der Waals surface area contributed by atoms with E-state index in [-0.39, 0.29) is 48.1 Å². The van der Waals surface area contributed by atoms with E-state index in [9.17, 15) is 14.4 Å². The summed E-state index contributed by atoms with van der Waals surface area (Å²) in [7, 11) is 0.